The van der Waals surface area contributed by atoms with Crippen molar-refractivity contribution in [3.05, 3.63) is 70.2 Å². The molecule has 0 unspecified atom stereocenters. The molecule has 21 heavy (non-hydrogen) atoms. The van der Waals surface area contributed by atoms with Gasteiger partial charge in [0.1, 0.15) is 5.84 Å². The van der Waals surface area contributed by atoms with Gasteiger partial charge in [-0.1, -0.05) is 35.9 Å². The number of nitrogens with zero attached hydrogens (tertiary/aromatic N) is 1. The van der Waals surface area contributed by atoms with Gasteiger partial charge in [0.2, 0.25) is 0 Å². The topological polar surface area (TPSA) is 44.2 Å². The average molecular weight is 366 g/mol. The van der Waals surface area contributed by atoms with Gasteiger partial charge in [-0.05, 0) is 29.8 Å². The highest BCUT2D eigenvalue weighted by Crippen LogP contribution is 2.22. The van der Waals surface area contributed by atoms with E-state index in [-0.39, 0.29) is 29.3 Å². The number of hydrogen-bond donors (Lipinski definition) is 1. The van der Waals surface area contributed by atoms with Crippen LogP contribution in [-0.4, -0.2) is 23.1 Å². The second-order valence-corrected chi connectivity index (χ2v) is 5.23. The number of nitrogens with one attached hydrogen (secondary N) is 1. The molecule has 3 nitrogen and oxygen atoms in total. The van der Waals surface area contributed by atoms with Crippen molar-refractivity contribution in [1.29, 1.82) is 5.41 Å². The third-order valence-electron chi connectivity index (χ3n) is 3.45. The molecule has 2 aromatic carbocycles. The Morgan fingerprint density at radius 2 is 1.81 bits per heavy atom. The maximum absolute atomic E-state index is 12.2. The predicted octanol–water partition coefficient (Wildman–Crippen LogP) is 3.94. The molecule has 0 bridgehead atoms. The van der Waals surface area contributed by atoms with Gasteiger partial charge in [-0.2, -0.15) is 0 Å². The summed E-state index contributed by atoms with van der Waals surface area (Å²) < 4.78 is 0. The van der Waals surface area contributed by atoms with Crippen LogP contribution in [0.1, 0.15) is 21.5 Å². The van der Waals surface area contributed by atoms with E-state index >= 15 is 0 Å². The van der Waals surface area contributed by atoms with Crippen LogP contribution >= 0.6 is 28.6 Å². The van der Waals surface area contributed by atoms with E-state index in [9.17, 15) is 4.79 Å². The zero-order valence-corrected chi connectivity index (χ0v) is 13.6. The minimum Gasteiger partial charge on any atom is -0.345 e. The molecule has 0 radical (unpaired) electrons. The number of ketones is 1. The maximum Gasteiger partial charge on any atom is 0.182 e. The van der Waals surface area contributed by atoms with Gasteiger partial charge in [0.15, 0.2) is 5.78 Å². The number of carbonyl (C=O) groups is 1. The molecule has 5 heteroatoms. The summed E-state index contributed by atoms with van der Waals surface area (Å²) in [7, 11) is 0. The lowest BCUT2D eigenvalue weighted by Gasteiger charge is -2.16. The molecule has 0 aliphatic carbocycles. The van der Waals surface area contributed by atoms with Crippen LogP contribution in [0.2, 0.25) is 5.02 Å². The smallest absolute Gasteiger partial charge is 0.182 e. The van der Waals surface area contributed by atoms with E-state index in [0.29, 0.717) is 23.0 Å². The van der Waals surface area contributed by atoms with Gasteiger partial charge in [-0.25, -0.2) is 0 Å². The molecule has 0 saturated heterocycles. The standard InChI is InChI=1S/C16H13ClN2O.BrH/c17-13-7-5-11(6-8-13)15(20)10-19-9-12-3-1-2-4-14(12)16(19)18;/h1-8,18H,9-10H2;1H. The van der Waals surface area contributed by atoms with Crippen LogP contribution in [0, 0.1) is 5.41 Å². The molecule has 0 saturated carbocycles. The minimum atomic E-state index is -0.000720. The van der Waals surface area contributed by atoms with E-state index in [4.69, 9.17) is 17.0 Å². The number of fused-ring (bicyclic) bond motifs is 1. The summed E-state index contributed by atoms with van der Waals surface area (Å²) in [6.45, 7) is 0.837. The van der Waals surface area contributed by atoms with Crippen LogP contribution in [0.15, 0.2) is 48.5 Å². The summed E-state index contributed by atoms with van der Waals surface area (Å²) in [4.78, 5) is 14.0. The Balaban J connectivity index is 0.00000161. The average Bonchev–Trinajstić information content (AvgIpc) is 2.77. The van der Waals surface area contributed by atoms with Gasteiger partial charge < -0.3 is 4.90 Å². The van der Waals surface area contributed by atoms with Gasteiger partial charge >= 0.3 is 0 Å². The summed E-state index contributed by atoms with van der Waals surface area (Å²) >= 11 is 5.81. The molecule has 0 aromatic heterocycles. The number of Topliss-reactive ketones (excluding diaryl/α,β-unsaturated/α-hetero) is 1. The first-order valence-electron chi connectivity index (χ1n) is 6.35. The Kier molecular flexibility index (Phi) is 4.80. The number of carbonyl (C=O) groups excluding carboxylic acids is 1. The number of hydrogen-bond acceptors (Lipinski definition) is 2. The van der Waals surface area contributed by atoms with E-state index in [1.807, 2.05) is 24.3 Å². The zero-order chi connectivity index (χ0) is 14.1. The maximum atomic E-state index is 12.2. The number of amidine groups is 1. The molecule has 0 spiro atoms. The molecule has 3 rings (SSSR count). The molecule has 2 aromatic rings. The van der Waals surface area contributed by atoms with Crippen molar-refractivity contribution in [2.45, 2.75) is 6.54 Å². The van der Waals surface area contributed by atoms with E-state index in [2.05, 4.69) is 0 Å². The Labute approximate surface area is 138 Å². The molecule has 1 aliphatic heterocycles. The first kappa shape index (κ1) is 15.7. The van der Waals surface area contributed by atoms with Crippen molar-refractivity contribution >= 4 is 40.2 Å². The Bertz CT molecular complexity index is 685. The summed E-state index contributed by atoms with van der Waals surface area (Å²) in [5.41, 5.74) is 2.64. The van der Waals surface area contributed by atoms with Gasteiger partial charge in [0.05, 0.1) is 6.54 Å². The van der Waals surface area contributed by atoms with Gasteiger partial charge in [0.25, 0.3) is 0 Å². The SMILES string of the molecule is Br.N=C1c2ccccc2CN1CC(=O)c1ccc(Cl)cc1. The quantitative estimate of drug-likeness (QED) is 0.837. The van der Waals surface area contributed by atoms with E-state index in [1.165, 1.54) is 0 Å². The van der Waals surface area contributed by atoms with E-state index in [0.717, 1.165) is 11.1 Å². The molecule has 0 atom stereocenters. The van der Waals surface area contributed by atoms with Crippen molar-refractivity contribution in [3.63, 3.8) is 0 Å². The predicted molar refractivity (Wildman–Crippen MR) is 89.8 cm³/mol. The molecule has 0 amide bonds. The van der Waals surface area contributed by atoms with Gasteiger partial charge in [-0.3, -0.25) is 10.2 Å². The molecule has 1 heterocycles. The molecular weight excluding hydrogens is 352 g/mol. The Morgan fingerprint density at radius 3 is 2.48 bits per heavy atom. The minimum absolute atomic E-state index is 0. The van der Waals surface area contributed by atoms with Crippen LogP contribution in [-0.2, 0) is 6.54 Å². The van der Waals surface area contributed by atoms with E-state index in [1.54, 1.807) is 29.2 Å². The summed E-state index contributed by atoms with van der Waals surface area (Å²) in [5.74, 6) is 0.419. The number of rotatable bonds is 3. The highest BCUT2D eigenvalue weighted by atomic mass is 79.9. The second kappa shape index (κ2) is 6.41. The highest BCUT2D eigenvalue weighted by molar-refractivity contribution is 8.93. The van der Waals surface area contributed by atoms with Gasteiger partial charge in [-0.15, -0.1) is 17.0 Å². The Hall–Kier alpha value is -1.65. The number of benzene rings is 2. The van der Waals surface area contributed by atoms with Crippen LogP contribution in [0.25, 0.3) is 0 Å². The summed E-state index contributed by atoms with van der Waals surface area (Å²) in [5, 5.41) is 8.74. The lowest BCUT2D eigenvalue weighted by Crippen LogP contribution is -2.30. The van der Waals surface area contributed by atoms with Crippen LogP contribution < -0.4 is 0 Å². The second-order valence-electron chi connectivity index (χ2n) is 4.79. The molecule has 1 aliphatic rings. The summed E-state index contributed by atoms with van der Waals surface area (Å²) in [6, 6.07) is 14.6. The fraction of sp³-hybridized carbons (Fsp3) is 0.125. The van der Waals surface area contributed by atoms with Crippen molar-refractivity contribution in [2.24, 2.45) is 0 Å². The first-order chi connectivity index (χ1) is 9.65. The lowest BCUT2D eigenvalue weighted by molar-refractivity contribution is 0.0962. The van der Waals surface area contributed by atoms with Crippen molar-refractivity contribution in [2.75, 3.05) is 6.54 Å². The van der Waals surface area contributed by atoms with Crippen molar-refractivity contribution in [3.8, 4) is 0 Å². The third kappa shape index (κ3) is 3.17. The molecule has 0 fully saturated rings. The largest absolute Gasteiger partial charge is 0.345 e. The van der Waals surface area contributed by atoms with Crippen molar-refractivity contribution < 1.29 is 4.79 Å². The zero-order valence-electron chi connectivity index (χ0n) is 11.2. The van der Waals surface area contributed by atoms with Crippen LogP contribution in [0.3, 0.4) is 0 Å². The first-order valence-corrected chi connectivity index (χ1v) is 6.73. The highest BCUT2D eigenvalue weighted by Gasteiger charge is 2.25. The Morgan fingerprint density at radius 1 is 1.14 bits per heavy atom. The van der Waals surface area contributed by atoms with Crippen molar-refractivity contribution in [1.82, 2.24) is 4.90 Å². The molecule has 108 valence electrons. The monoisotopic (exact) mass is 364 g/mol. The fourth-order valence-electron chi connectivity index (χ4n) is 2.38. The van der Waals surface area contributed by atoms with Gasteiger partial charge in [0, 0.05) is 22.7 Å². The lowest BCUT2D eigenvalue weighted by atomic mass is 10.1. The normalized spacial score (nSPS) is 12.8. The third-order valence-corrected chi connectivity index (χ3v) is 3.70. The fourth-order valence-corrected chi connectivity index (χ4v) is 2.51. The molecular formula is C16H14BrClN2O. The summed E-state index contributed by atoms with van der Waals surface area (Å²) in [6.07, 6.45) is 0. The van der Waals surface area contributed by atoms with E-state index < -0.39 is 0 Å². The molecule has 1 N–H and O–H groups in total. The number of halogens is 2. The van der Waals surface area contributed by atoms with Crippen LogP contribution in [0.4, 0.5) is 0 Å². The van der Waals surface area contributed by atoms with Crippen LogP contribution in [0.5, 0.6) is 0 Å².